The minimum atomic E-state index is 0.226. The fourth-order valence-corrected chi connectivity index (χ4v) is 2.33. The summed E-state index contributed by atoms with van der Waals surface area (Å²) in [5.41, 5.74) is 5.27. The Morgan fingerprint density at radius 3 is 2.83 bits per heavy atom. The normalized spacial score (nSPS) is 11.0. The maximum absolute atomic E-state index is 10.2. The molecule has 0 fully saturated rings. The summed E-state index contributed by atoms with van der Waals surface area (Å²) in [6, 6.07) is 17.3. The van der Waals surface area contributed by atoms with Crippen LogP contribution >= 0.6 is 0 Å². The monoisotopic (exact) mass is 303 g/mol. The summed E-state index contributed by atoms with van der Waals surface area (Å²) < 4.78 is 0. The second kappa shape index (κ2) is 6.75. The van der Waals surface area contributed by atoms with E-state index in [1.807, 2.05) is 48.5 Å². The molecule has 0 atom stereocenters. The van der Waals surface area contributed by atoms with Crippen LogP contribution in [-0.2, 0) is 6.42 Å². The minimum absolute atomic E-state index is 0.226. The zero-order chi connectivity index (χ0) is 16.1. The molecule has 1 heterocycles. The number of phenolic OH excluding ortho intramolecular Hbond substituents is 1. The highest BCUT2D eigenvalue weighted by atomic mass is 16.3. The number of nitrogens with zero attached hydrogens (tertiary/aromatic N) is 2. The van der Waals surface area contributed by atoms with Crippen molar-refractivity contribution in [1.29, 1.82) is 0 Å². The minimum Gasteiger partial charge on any atom is -0.507 e. The molecule has 2 N–H and O–H groups in total. The highest BCUT2D eigenvalue weighted by Gasteiger charge is 2.03. The summed E-state index contributed by atoms with van der Waals surface area (Å²) >= 11 is 0. The van der Waals surface area contributed by atoms with Crippen LogP contribution in [0.1, 0.15) is 11.1 Å². The van der Waals surface area contributed by atoms with Crippen LogP contribution in [0.4, 0.5) is 5.82 Å². The van der Waals surface area contributed by atoms with Gasteiger partial charge in [-0.05, 0) is 36.2 Å². The lowest BCUT2D eigenvalue weighted by molar-refractivity contribution is 0.469. The summed E-state index contributed by atoms with van der Waals surface area (Å²) in [6.45, 7) is 3.69. The summed E-state index contributed by atoms with van der Waals surface area (Å²) in [5, 5.41) is 15.4. The van der Waals surface area contributed by atoms with Gasteiger partial charge in [0.2, 0.25) is 0 Å². The first-order valence-electron chi connectivity index (χ1n) is 7.34. The fraction of sp³-hybridized carbons (Fsp3) is 0.0526. The van der Waals surface area contributed by atoms with Crippen LogP contribution < -0.4 is 5.43 Å². The zero-order valence-electron chi connectivity index (χ0n) is 12.6. The predicted molar refractivity (Wildman–Crippen MR) is 95.0 cm³/mol. The van der Waals surface area contributed by atoms with Gasteiger partial charge in [0.15, 0.2) is 0 Å². The largest absolute Gasteiger partial charge is 0.507 e. The van der Waals surface area contributed by atoms with Gasteiger partial charge in [-0.15, -0.1) is 6.58 Å². The van der Waals surface area contributed by atoms with Crippen LogP contribution in [-0.4, -0.2) is 16.3 Å². The molecule has 23 heavy (non-hydrogen) atoms. The number of para-hydroxylation sites is 2. The third kappa shape index (κ3) is 3.37. The Hall–Kier alpha value is -3.14. The summed E-state index contributed by atoms with van der Waals surface area (Å²) in [5.74, 6) is 0.881. The highest BCUT2D eigenvalue weighted by Crippen LogP contribution is 2.21. The van der Waals surface area contributed by atoms with Crippen LogP contribution in [0.25, 0.3) is 10.9 Å². The van der Waals surface area contributed by atoms with Crippen molar-refractivity contribution in [1.82, 2.24) is 4.98 Å². The number of rotatable bonds is 5. The Morgan fingerprint density at radius 2 is 1.96 bits per heavy atom. The number of hydrogen-bond donors (Lipinski definition) is 2. The van der Waals surface area contributed by atoms with Crippen LogP contribution in [0.2, 0.25) is 0 Å². The van der Waals surface area contributed by atoms with Gasteiger partial charge in [-0.2, -0.15) is 5.10 Å². The van der Waals surface area contributed by atoms with Crippen LogP contribution in [0, 0.1) is 0 Å². The van der Waals surface area contributed by atoms with Crippen molar-refractivity contribution < 1.29 is 5.11 Å². The molecule has 0 spiro atoms. The lowest BCUT2D eigenvalue weighted by Crippen LogP contribution is -1.95. The lowest BCUT2D eigenvalue weighted by atomic mass is 10.1. The Labute approximate surface area is 134 Å². The van der Waals surface area contributed by atoms with E-state index in [9.17, 15) is 5.11 Å². The SMILES string of the molecule is C=CCc1cccc(C=NNc2ccc3ccccc3n2)c1O. The molecule has 0 bridgehead atoms. The van der Waals surface area contributed by atoms with Crippen LogP contribution in [0.3, 0.4) is 0 Å². The second-order valence-electron chi connectivity index (χ2n) is 5.11. The van der Waals surface area contributed by atoms with E-state index in [1.54, 1.807) is 18.4 Å². The molecular weight excluding hydrogens is 286 g/mol. The summed E-state index contributed by atoms with van der Waals surface area (Å²) in [7, 11) is 0. The zero-order valence-corrected chi connectivity index (χ0v) is 12.6. The van der Waals surface area contributed by atoms with Gasteiger partial charge in [-0.3, -0.25) is 5.43 Å². The molecule has 0 amide bonds. The van der Waals surface area contributed by atoms with Crippen molar-refractivity contribution in [3.05, 3.63) is 78.4 Å². The molecule has 4 heteroatoms. The maximum Gasteiger partial charge on any atom is 0.146 e. The Morgan fingerprint density at radius 1 is 1.09 bits per heavy atom. The number of hydrazone groups is 1. The number of aromatic hydroxyl groups is 1. The second-order valence-corrected chi connectivity index (χ2v) is 5.11. The molecule has 114 valence electrons. The van der Waals surface area contributed by atoms with E-state index >= 15 is 0 Å². The number of allylic oxidation sites excluding steroid dienone is 1. The predicted octanol–water partition coefficient (Wildman–Crippen LogP) is 4.11. The summed E-state index contributed by atoms with van der Waals surface area (Å²) in [6.07, 6.45) is 3.96. The van der Waals surface area contributed by atoms with Gasteiger partial charge in [0.25, 0.3) is 0 Å². The molecule has 0 saturated heterocycles. The van der Waals surface area contributed by atoms with E-state index in [0.29, 0.717) is 17.8 Å². The van der Waals surface area contributed by atoms with Gasteiger partial charge in [0.05, 0.1) is 11.7 Å². The van der Waals surface area contributed by atoms with E-state index in [0.717, 1.165) is 16.5 Å². The standard InChI is InChI=1S/C19H17N3O/c1-2-6-15-8-5-9-16(19(15)23)13-20-22-18-12-11-14-7-3-4-10-17(14)21-18/h2-5,7-13,23H,1,6H2,(H,21,22). The van der Waals surface area contributed by atoms with Crippen molar-refractivity contribution in [2.75, 3.05) is 5.43 Å². The average molecular weight is 303 g/mol. The first kappa shape index (κ1) is 14.8. The molecule has 2 aromatic carbocycles. The highest BCUT2D eigenvalue weighted by molar-refractivity contribution is 5.85. The fourth-order valence-electron chi connectivity index (χ4n) is 2.33. The average Bonchev–Trinajstić information content (AvgIpc) is 2.58. The van der Waals surface area contributed by atoms with Gasteiger partial charge >= 0.3 is 0 Å². The molecule has 3 rings (SSSR count). The number of phenols is 1. The van der Waals surface area contributed by atoms with E-state index in [4.69, 9.17) is 0 Å². The van der Waals surface area contributed by atoms with Crippen LogP contribution in [0.15, 0.2) is 72.4 Å². The van der Waals surface area contributed by atoms with Crippen molar-refractivity contribution in [2.24, 2.45) is 5.10 Å². The number of pyridine rings is 1. The first-order valence-corrected chi connectivity index (χ1v) is 7.34. The van der Waals surface area contributed by atoms with Gasteiger partial charge in [0, 0.05) is 10.9 Å². The maximum atomic E-state index is 10.2. The van der Waals surface area contributed by atoms with Gasteiger partial charge in [0.1, 0.15) is 11.6 Å². The quantitative estimate of drug-likeness (QED) is 0.423. The third-order valence-corrected chi connectivity index (χ3v) is 3.50. The van der Waals surface area contributed by atoms with E-state index in [2.05, 4.69) is 22.1 Å². The molecule has 3 aromatic rings. The molecule has 4 nitrogen and oxygen atoms in total. The number of hydrogen-bond acceptors (Lipinski definition) is 4. The van der Waals surface area contributed by atoms with Crippen molar-refractivity contribution in [2.45, 2.75) is 6.42 Å². The number of anilines is 1. The van der Waals surface area contributed by atoms with E-state index in [-0.39, 0.29) is 5.75 Å². The lowest BCUT2D eigenvalue weighted by Gasteiger charge is -2.05. The molecule has 0 unspecified atom stereocenters. The summed E-state index contributed by atoms with van der Waals surface area (Å²) in [4.78, 5) is 4.48. The Bertz CT molecular complexity index is 871. The Kier molecular flexibility index (Phi) is 4.34. The number of aromatic nitrogens is 1. The van der Waals surface area contributed by atoms with Gasteiger partial charge < -0.3 is 5.11 Å². The Balaban J connectivity index is 1.77. The molecule has 0 aliphatic carbocycles. The van der Waals surface area contributed by atoms with Crippen molar-refractivity contribution in [3.8, 4) is 5.75 Å². The first-order chi connectivity index (χ1) is 11.3. The smallest absolute Gasteiger partial charge is 0.146 e. The third-order valence-electron chi connectivity index (χ3n) is 3.50. The number of nitrogens with one attached hydrogen (secondary N) is 1. The topological polar surface area (TPSA) is 57.5 Å². The molecule has 1 aromatic heterocycles. The number of benzene rings is 2. The molecule has 0 aliphatic heterocycles. The van der Waals surface area contributed by atoms with E-state index < -0.39 is 0 Å². The molecular formula is C19H17N3O. The van der Waals surface area contributed by atoms with Crippen LogP contribution in [0.5, 0.6) is 5.75 Å². The van der Waals surface area contributed by atoms with E-state index in [1.165, 1.54) is 0 Å². The van der Waals surface area contributed by atoms with Crippen molar-refractivity contribution in [3.63, 3.8) is 0 Å². The van der Waals surface area contributed by atoms with Gasteiger partial charge in [-0.25, -0.2) is 4.98 Å². The molecule has 0 aliphatic rings. The number of fused-ring (bicyclic) bond motifs is 1. The molecule has 0 saturated carbocycles. The molecule has 0 radical (unpaired) electrons. The van der Waals surface area contributed by atoms with Crippen molar-refractivity contribution >= 4 is 22.9 Å². The van der Waals surface area contributed by atoms with Gasteiger partial charge in [-0.1, -0.05) is 36.4 Å².